The SMILES string of the molecule is CC(C)c1cc(C(C)C)c[n+](CCc2ccc(O)cc2)c1. The van der Waals surface area contributed by atoms with Gasteiger partial charge in [0.25, 0.3) is 0 Å². The summed E-state index contributed by atoms with van der Waals surface area (Å²) in [6.45, 7) is 9.92. The summed E-state index contributed by atoms with van der Waals surface area (Å²) in [6.07, 6.45) is 5.50. The smallest absolute Gasteiger partial charge is 0.172 e. The van der Waals surface area contributed by atoms with Crippen molar-refractivity contribution in [3.05, 3.63) is 59.4 Å². The number of phenolic OH excluding ortho intramolecular Hbond substituents is 1. The van der Waals surface area contributed by atoms with Gasteiger partial charge in [-0.3, -0.25) is 0 Å². The molecule has 0 aliphatic heterocycles. The zero-order valence-electron chi connectivity index (χ0n) is 13.5. The minimum absolute atomic E-state index is 0.329. The van der Waals surface area contributed by atoms with E-state index < -0.39 is 0 Å². The van der Waals surface area contributed by atoms with Crippen molar-refractivity contribution in [2.75, 3.05) is 0 Å². The molecule has 0 unspecified atom stereocenters. The summed E-state index contributed by atoms with van der Waals surface area (Å²) in [7, 11) is 0. The third-order valence-corrected chi connectivity index (χ3v) is 3.89. The highest BCUT2D eigenvalue weighted by Crippen LogP contribution is 2.19. The van der Waals surface area contributed by atoms with E-state index in [1.54, 1.807) is 12.1 Å². The molecule has 1 N–H and O–H groups in total. The summed E-state index contributed by atoms with van der Waals surface area (Å²) in [6, 6.07) is 9.82. The Morgan fingerprint density at radius 2 is 1.43 bits per heavy atom. The maximum Gasteiger partial charge on any atom is 0.172 e. The van der Waals surface area contributed by atoms with Gasteiger partial charge in [0.15, 0.2) is 18.9 Å². The van der Waals surface area contributed by atoms with Gasteiger partial charge in [-0.15, -0.1) is 0 Å². The monoisotopic (exact) mass is 284 g/mol. The van der Waals surface area contributed by atoms with E-state index in [-0.39, 0.29) is 0 Å². The molecule has 1 aromatic carbocycles. The van der Waals surface area contributed by atoms with Gasteiger partial charge in [0.2, 0.25) is 0 Å². The van der Waals surface area contributed by atoms with Gasteiger partial charge in [-0.25, -0.2) is 4.57 Å². The van der Waals surface area contributed by atoms with Crippen molar-refractivity contribution < 1.29 is 9.67 Å². The van der Waals surface area contributed by atoms with Gasteiger partial charge >= 0.3 is 0 Å². The molecule has 0 amide bonds. The predicted molar refractivity (Wildman–Crippen MR) is 86.6 cm³/mol. The Bertz CT molecular complexity index is 559. The summed E-state index contributed by atoms with van der Waals surface area (Å²) in [4.78, 5) is 0. The third-order valence-electron chi connectivity index (χ3n) is 3.89. The van der Waals surface area contributed by atoms with Crippen molar-refractivity contribution in [2.45, 2.75) is 52.5 Å². The van der Waals surface area contributed by atoms with Gasteiger partial charge in [-0.2, -0.15) is 0 Å². The average molecular weight is 284 g/mol. The molecular formula is C19H26NO+. The molecular weight excluding hydrogens is 258 g/mol. The van der Waals surface area contributed by atoms with Crippen LogP contribution in [-0.2, 0) is 13.0 Å². The van der Waals surface area contributed by atoms with Crippen molar-refractivity contribution in [3.63, 3.8) is 0 Å². The Kier molecular flexibility index (Phi) is 5.00. The van der Waals surface area contributed by atoms with Crippen molar-refractivity contribution in [3.8, 4) is 5.75 Å². The molecule has 0 spiro atoms. The topological polar surface area (TPSA) is 24.1 Å². The van der Waals surface area contributed by atoms with Gasteiger partial charge in [-0.1, -0.05) is 39.8 Å². The van der Waals surface area contributed by atoms with Crippen LogP contribution < -0.4 is 4.57 Å². The molecule has 1 heterocycles. The number of hydrogen-bond acceptors (Lipinski definition) is 1. The van der Waals surface area contributed by atoms with E-state index in [4.69, 9.17) is 0 Å². The lowest BCUT2D eigenvalue weighted by Gasteiger charge is -2.10. The fourth-order valence-corrected chi connectivity index (χ4v) is 2.37. The van der Waals surface area contributed by atoms with E-state index in [2.05, 4.69) is 50.7 Å². The van der Waals surface area contributed by atoms with Crippen LogP contribution in [0, 0.1) is 0 Å². The molecule has 0 saturated carbocycles. The van der Waals surface area contributed by atoms with E-state index in [1.165, 1.54) is 16.7 Å². The van der Waals surface area contributed by atoms with E-state index in [1.807, 2.05) is 12.1 Å². The van der Waals surface area contributed by atoms with Crippen LogP contribution in [-0.4, -0.2) is 5.11 Å². The van der Waals surface area contributed by atoms with Crippen molar-refractivity contribution in [2.24, 2.45) is 0 Å². The largest absolute Gasteiger partial charge is 0.508 e. The fraction of sp³-hybridized carbons (Fsp3) is 0.421. The number of pyridine rings is 1. The first-order valence-corrected chi connectivity index (χ1v) is 7.77. The third kappa shape index (κ3) is 4.32. The lowest BCUT2D eigenvalue weighted by atomic mass is 9.98. The lowest BCUT2D eigenvalue weighted by molar-refractivity contribution is -0.697. The van der Waals surface area contributed by atoms with Gasteiger partial charge in [0, 0.05) is 17.5 Å². The van der Waals surface area contributed by atoms with E-state index in [9.17, 15) is 5.11 Å². The lowest BCUT2D eigenvalue weighted by Crippen LogP contribution is -2.35. The number of rotatable bonds is 5. The molecule has 0 saturated heterocycles. The molecule has 0 fully saturated rings. The first-order chi connectivity index (χ1) is 9.95. The van der Waals surface area contributed by atoms with Crippen LogP contribution in [0.5, 0.6) is 5.75 Å². The summed E-state index contributed by atoms with van der Waals surface area (Å²) >= 11 is 0. The highest BCUT2D eigenvalue weighted by molar-refractivity contribution is 5.25. The Hall–Kier alpha value is -1.83. The maximum absolute atomic E-state index is 9.33. The molecule has 0 aliphatic carbocycles. The van der Waals surface area contributed by atoms with Crippen molar-refractivity contribution in [1.29, 1.82) is 0 Å². The summed E-state index contributed by atoms with van der Waals surface area (Å²) < 4.78 is 2.30. The van der Waals surface area contributed by atoms with Crippen LogP contribution in [0.4, 0.5) is 0 Å². The van der Waals surface area contributed by atoms with E-state index in [0.717, 1.165) is 13.0 Å². The zero-order chi connectivity index (χ0) is 15.4. The molecule has 2 nitrogen and oxygen atoms in total. The minimum Gasteiger partial charge on any atom is -0.508 e. The molecule has 0 bridgehead atoms. The number of aromatic nitrogens is 1. The first kappa shape index (κ1) is 15.6. The normalized spacial score (nSPS) is 11.3. The fourth-order valence-electron chi connectivity index (χ4n) is 2.37. The van der Waals surface area contributed by atoms with E-state index in [0.29, 0.717) is 17.6 Å². The van der Waals surface area contributed by atoms with Gasteiger partial charge in [0.1, 0.15) is 5.75 Å². The predicted octanol–water partition coefficient (Wildman–Crippen LogP) is 4.17. The average Bonchev–Trinajstić information content (AvgIpc) is 2.46. The molecule has 21 heavy (non-hydrogen) atoms. The number of aromatic hydroxyl groups is 1. The number of hydrogen-bond donors (Lipinski definition) is 1. The minimum atomic E-state index is 0.329. The second kappa shape index (κ2) is 6.75. The van der Waals surface area contributed by atoms with Crippen LogP contribution in [0.15, 0.2) is 42.7 Å². The van der Waals surface area contributed by atoms with Crippen molar-refractivity contribution >= 4 is 0 Å². The van der Waals surface area contributed by atoms with Crippen LogP contribution in [0.3, 0.4) is 0 Å². The highest BCUT2D eigenvalue weighted by Gasteiger charge is 2.12. The Morgan fingerprint density at radius 1 is 0.905 bits per heavy atom. The van der Waals surface area contributed by atoms with Gasteiger partial charge in [0.05, 0.1) is 0 Å². The number of aryl methyl sites for hydroxylation is 2. The summed E-state index contributed by atoms with van der Waals surface area (Å²) in [5, 5.41) is 9.33. The molecule has 2 heteroatoms. The quantitative estimate of drug-likeness (QED) is 0.819. The number of nitrogens with zero attached hydrogens (tertiary/aromatic N) is 1. The second-order valence-electron chi connectivity index (χ2n) is 6.37. The summed E-state index contributed by atoms with van der Waals surface area (Å²) in [5.74, 6) is 1.42. The molecule has 1 aromatic heterocycles. The Labute approximate surface area is 128 Å². The Morgan fingerprint density at radius 3 is 1.90 bits per heavy atom. The van der Waals surface area contributed by atoms with Gasteiger partial charge < -0.3 is 5.11 Å². The van der Waals surface area contributed by atoms with Crippen LogP contribution in [0.25, 0.3) is 0 Å². The van der Waals surface area contributed by atoms with Crippen LogP contribution in [0.1, 0.15) is 56.2 Å². The zero-order valence-corrected chi connectivity index (χ0v) is 13.5. The first-order valence-electron chi connectivity index (χ1n) is 7.77. The highest BCUT2D eigenvalue weighted by atomic mass is 16.3. The molecule has 0 aliphatic rings. The second-order valence-corrected chi connectivity index (χ2v) is 6.37. The number of benzene rings is 1. The Balaban J connectivity index is 2.16. The maximum atomic E-state index is 9.33. The molecule has 2 aromatic rings. The van der Waals surface area contributed by atoms with Crippen LogP contribution in [0.2, 0.25) is 0 Å². The van der Waals surface area contributed by atoms with E-state index >= 15 is 0 Å². The molecule has 112 valence electrons. The summed E-state index contributed by atoms with van der Waals surface area (Å²) in [5.41, 5.74) is 4.04. The number of phenols is 1. The molecule has 0 radical (unpaired) electrons. The van der Waals surface area contributed by atoms with Crippen LogP contribution >= 0.6 is 0 Å². The molecule has 0 atom stereocenters. The standard InChI is InChI=1S/C19H25NO/c1-14(2)17-11-18(15(3)4)13-20(12-17)10-9-16-5-7-19(21)8-6-16/h5-8,11-15H,9-10H2,1-4H3/p+1. The van der Waals surface area contributed by atoms with Gasteiger partial charge in [-0.05, 0) is 35.6 Å². The van der Waals surface area contributed by atoms with Crippen molar-refractivity contribution in [1.82, 2.24) is 0 Å². The molecule has 2 rings (SSSR count).